The maximum atomic E-state index is 2.91. The fraction of sp³-hybridized carbons (Fsp3) is 0. The van der Waals surface area contributed by atoms with Crippen LogP contribution in [0, 0.1) is 0 Å². The number of hydrogen-bond acceptors (Lipinski definition) is 3. The predicted octanol–water partition coefficient (Wildman–Crippen LogP) is 23.8. The molecule has 0 amide bonds. The van der Waals surface area contributed by atoms with E-state index in [0.717, 1.165) is 101 Å². The van der Waals surface area contributed by atoms with E-state index >= 15 is 0 Å². The fourth-order valence-electron chi connectivity index (χ4n) is 19.1. The van der Waals surface area contributed by atoms with Crippen molar-refractivity contribution in [1.29, 1.82) is 0 Å². The first kappa shape index (κ1) is 61.2. The number of anilines is 7. The predicted molar refractivity (Wildman–Crippen MR) is 460 cm³/mol. The minimum absolute atomic E-state index is 0.243. The topological polar surface area (TPSA) is 19.6 Å². The Labute approximate surface area is 633 Å². The molecule has 504 valence electrons. The SMILES string of the molecule is c1ccc(-c2cc(-c3ccccc3)cc(N(c3cc4c5c(c3)-n3c6ccccc6c6cccc(c63)B5N3B5c6c(cc(N(c7cc(-c8ccccc8)cc(-c8ccccc8)c7)c7ccccc7-c7ccccc7)cc6-n6c7ccccc7c7cccc5c76)-c5cccc-4c53)c3ccccc3-c3ccccc3)c2)cc1. The van der Waals surface area contributed by atoms with Gasteiger partial charge in [-0.25, -0.2) is 0 Å². The number of hydrogen-bond donors (Lipinski definition) is 0. The van der Waals surface area contributed by atoms with Crippen LogP contribution in [-0.4, -0.2) is 22.8 Å². The highest BCUT2D eigenvalue weighted by molar-refractivity contribution is 7.09. The van der Waals surface area contributed by atoms with Crippen LogP contribution in [0.2, 0.25) is 0 Å². The normalized spacial score (nSPS) is 12.5. The summed E-state index contributed by atoms with van der Waals surface area (Å²) in [4.78, 5) is 5.15. The number of fused-ring (bicyclic) bond motifs is 14. The molecule has 0 N–H and O–H groups in total. The number of benzene rings is 17. The largest absolute Gasteiger partial charge is 0.444 e. The molecule has 0 spiro atoms. The van der Waals surface area contributed by atoms with Gasteiger partial charge in [0.2, 0.25) is 0 Å². The summed E-state index contributed by atoms with van der Waals surface area (Å²) < 4.78 is 8.18. The molecule has 17 aromatic carbocycles. The third-order valence-corrected chi connectivity index (χ3v) is 23.5. The first-order chi connectivity index (χ1) is 54.1. The van der Waals surface area contributed by atoms with Crippen molar-refractivity contribution in [3.8, 4) is 100 Å². The molecular weight excluding hydrogens is 1320 g/mol. The lowest BCUT2D eigenvalue weighted by molar-refractivity contribution is 1.17. The van der Waals surface area contributed by atoms with Gasteiger partial charge in [-0.1, -0.05) is 309 Å². The van der Waals surface area contributed by atoms with E-state index in [1.165, 1.54) is 105 Å². The Hall–Kier alpha value is -14.1. The van der Waals surface area contributed by atoms with Gasteiger partial charge < -0.3 is 23.7 Å². The first-order valence-corrected chi connectivity index (χ1v) is 37.9. The third-order valence-electron chi connectivity index (χ3n) is 23.5. The van der Waals surface area contributed by atoms with Crippen LogP contribution in [0.4, 0.5) is 39.8 Å². The smallest absolute Gasteiger partial charge is 0.316 e. The van der Waals surface area contributed by atoms with Gasteiger partial charge in [-0.15, -0.1) is 0 Å². The van der Waals surface area contributed by atoms with E-state index < -0.39 is 0 Å². The molecule has 4 aliphatic heterocycles. The summed E-state index contributed by atoms with van der Waals surface area (Å²) in [6, 6.07) is 148. The number of nitrogens with zero attached hydrogens (tertiary/aromatic N) is 5. The maximum Gasteiger partial charge on any atom is 0.316 e. The van der Waals surface area contributed by atoms with E-state index in [-0.39, 0.29) is 13.7 Å². The van der Waals surface area contributed by atoms with Crippen LogP contribution in [0.5, 0.6) is 0 Å². The summed E-state index contributed by atoms with van der Waals surface area (Å²) in [6.45, 7) is -0.486. The molecule has 19 aromatic rings. The lowest BCUT2D eigenvalue weighted by atomic mass is 9.32. The van der Waals surface area contributed by atoms with Crippen molar-refractivity contribution in [1.82, 2.24) is 9.13 Å². The third kappa shape index (κ3) is 9.30. The quantitative estimate of drug-likeness (QED) is 0.114. The monoisotopic (exact) mass is 1380 g/mol. The van der Waals surface area contributed by atoms with Crippen molar-refractivity contribution in [2.45, 2.75) is 0 Å². The average Bonchev–Trinajstić information content (AvgIpc) is 1.65. The lowest BCUT2D eigenvalue weighted by Gasteiger charge is -2.50. The van der Waals surface area contributed by atoms with Crippen LogP contribution in [0.25, 0.3) is 144 Å². The zero-order valence-electron chi connectivity index (χ0n) is 59.4. The summed E-state index contributed by atoms with van der Waals surface area (Å²) >= 11 is 0. The first-order valence-electron chi connectivity index (χ1n) is 37.9. The van der Waals surface area contributed by atoms with Gasteiger partial charge in [0, 0.05) is 83.6 Å². The molecule has 7 heteroatoms. The second-order valence-electron chi connectivity index (χ2n) is 29.4. The number of rotatable bonds is 12. The molecule has 2 aromatic heterocycles. The van der Waals surface area contributed by atoms with Gasteiger partial charge in [0.25, 0.3) is 0 Å². The molecule has 6 heterocycles. The Morgan fingerprint density at radius 3 is 0.899 bits per heavy atom. The Morgan fingerprint density at radius 2 is 0.514 bits per heavy atom. The van der Waals surface area contributed by atoms with E-state index in [1.807, 2.05) is 0 Å². The number of para-hydroxylation sites is 7. The Bertz CT molecular complexity index is 6410. The van der Waals surface area contributed by atoms with Crippen molar-refractivity contribution in [2.75, 3.05) is 14.5 Å². The molecule has 0 saturated carbocycles. The molecule has 0 aliphatic carbocycles. The van der Waals surface area contributed by atoms with Crippen molar-refractivity contribution in [3.63, 3.8) is 0 Å². The molecule has 4 aliphatic rings. The molecule has 23 rings (SSSR count). The van der Waals surface area contributed by atoms with Crippen molar-refractivity contribution >= 4 is 119 Å². The maximum absolute atomic E-state index is 2.91. The molecule has 5 nitrogen and oxygen atoms in total. The summed E-state index contributed by atoms with van der Waals surface area (Å²) in [5.74, 6) is 0. The average molecular weight is 1380 g/mol. The van der Waals surface area contributed by atoms with Gasteiger partial charge in [0.15, 0.2) is 0 Å². The van der Waals surface area contributed by atoms with Gasteiger partial charge in [-0.05, 0) is 174 Å². The molecular formula is C102H65B2N5. The van der Waals surface area contributed by atoms with Crippen LogP contribution in [0.3, 0.4) is 0 Å². The second-order valence-corrected chi connectivity index (χ2v) is 29.4. The lowest BCUT2D eigenvalue weighted by Crippen LogP contribution is -2.74. The van der Waals surface area contributed by atoms with Crippen LogP contribution in [0.15, 0.2) is 394 Å². The fourth-order valence-corrected chi connectivity index (χ4v) is 19.1. The van der Waals surface area contributed by atoms with Gasteiger partial charge in [-0.2, -0.15) is 0 Å². The van der Waals surface area contributed by atoms with Crippen LogP contribution >= 0.6 is 0 Å². The summed E-state index contributed by atoms with van der Waals surface area (Å²) in [6.07, 6.45) is 0. The van der Waals surface area contributed by atoms with Gasteiger partial charge in [0.1, 0.15) is 0 Å². The second kappa shape index (κ2) is 24.2. The molecule has 0 unspecified atom stereocenters. The van der Waals surface area contributed by atoms with E-state index in [2.05, 4.69) is 418 Å². The van der Waals surface area contributed by atoms with Crippen LogP contribution in [0.1, 0.15) is 0 Å². The van der Waals surface area contributed by atoms with Gasteiger partial charge in [-0.3, -0.25) is 0 Å². The minimum atomic E-state index is -0.243. The Balaban J connectivity index is 0.847. The molecule has 0 atom stereocenters. The van der Waals surface area contributed by atoms with Crippen molar-refractivity contribution in [3.05, 3.63) is 394 Å². The van der Waals surface area contributed by atoms with Gasteiger partial charge >= 0.3 is 13.7 Å². The van der Waals surface area contributed by atoms with E-state index in [4.69, 9.17) is 0 Å². The number of aromatic nitrogens is 2. The molecule has 109 heavy (non-hydrogen) atoms. The highest BCUT2D eigenvalue weighted by atomic mass is 15.2. The minimum Gasteiger partial charge on any atom is -0.444 e. The Morgan fingerprint density at radius 1 is 0.211 bits per heavy atom. The van der Waals surface area contributed by atoms with Crippen molar-refractivity contribution < 1.29 is 0 Å². The standard InChI is InChI=1S/C102H65B2N5/c1-7-30-66(31-8-1)72-56-73(67-32-9-2-10-33-67)59-76(58-72)105(92-52-23-19-42-80(92)70-38-15-5-16-39-70)78-62-88-86-46-27-47-87-89-63-79(106(93-53-24-20-43-81(93)71-40-17-6-18-41-71)77-60-74(68-34-11-3-12-35-68)57-75(61-77)69-36-13-4-14-37-69)65-97-99(89)104(91-51-29-49-85-83-45-22-26-55-95(83)108(97)102(85)91)109(100(86)87)103-90-50-28-48-84-82-44-21-25-54-94(82)107(101(84)90)96(64-78)98(88)103/h1-65H. The summed E-state index contributed by atoms with van der Waals surface area (Å²) in [5, 5.41) is 4.96. The van der Waals surface area contributed by atoms with Crippen molar-refractivity contribution in [2.24, 2.45) is 0 Å². The van der Waals surface area contributed by atoms with Crippen LogP contribution in [-0.2, 0) is 0 Å². The van der Waals surface area contributed by atoms with E-state index in [0.29, 0.717) is 0 Å². The van der Waals surface area contributed by atoms with Gasteiger partial charge in [0.05, 0.1) is 33.4 Å². The molecule has 0 bridgehead atoms. The van der Waals surface area contributed by atoms with E-state index in [1.54, 1.807) is 0 Å². The molecule has 0 fully saturated rings. The highest BCUT2D eigenvalue weighted by Gasteiger charge is 2.53. The highest BCUT2D eigenvalue weighted by Crippen LogP contribution is 2.55. The zero-order chi connectivity index (χ0) is 71.4. The molecule has 0 radical (unpaired) electrons. The molecule has 0 saturated heterocycles. The van der Waals surface area contributed by atoms with E-state index in [9.17, 15) is 0 Å². The van der Waals surface area contributed by atoms with Crippen LogP contribution < -0.4 is 36.4 Å². The Kier molecular flexibility index (Phi) is 13.6. The summed E-state index contributed by atoms with van der Waals surface area (Å²) in [5.41, 5.74) is 38.6. The zero-order valence-corrected chi connectivity index (χ0v) is 59.4. The summed E-state index contributed by atoms with van der Waals surface area (Å²) in [7, 11) is 0.